The molecule has 0 spiro atoms. The summed E-state index contributed by atoms with van der Waals surface area (Å²) < 4.78 is 0. The van der Waals surface area contributed by atoms with Gasteiger partial charge in [-0.05, 0) is 36.5 Å². The molecule has 0 saturated carbocycles. The third kappa shape index (κ3) is 3.35. The van der Waals surface area contributed by atoms with E-state index in [1.54, 1.807) is 11.3 Å². The SMILES string of the molecule is CN(C)C/C=C/c1ccsc1. The van der Waals surface area contributed by atoms with Crippen LogP contribution in [0.1, 0.15) is 5.56 Å². The molecule has 0 unspecified atom stereocenters. The molecule has 0 aliphatic carbocycles. The Morgan fingerprint density at radius 2 is 2.36 bits per heavy atom. The van der Waals surface area contributed by atoms with Crippen molar-refractivity contribution in [1.29, 1.82) is 0 Å². The van der Waals surface area contributed by atoms with Crippen LogP contribution in [0.25, 0.3) is 6.08 Å². The van der Waals surface area contributed by atoms with E-state index < -0.39 is 0 Å². The molecule has 1 aromatic rings. The number of hydrogen-bond donors (Lipinski definition) is 0. The number of likely N-dealkylation sites (N-methyl/N-ethyl adjacent to an activating group) is 1. The summed E-state index contributed by atoms with van der Waals surface area (Å²) in [5, 5.41) is 4.24. The van der Waals surface area contributed by atoms with Gasteiger partial charge in [-0.2, -0.15) is 11.3 Å². The van der Waals surface area contributed by atoms with Crippen LogP contribution in [0.4, 0.5) is 0 Å². The maximum absolute atomic E-state index is 2.17. The quantitative estimate of drug-likeness (QED) is 0.668. The first-order valence-corrected chi connectivity index (χ1v) is 4.57. The molecule has 0 radical (unpaired) electrons. The number of rotatable bonds is 3. The molecule has 0 saturated heterocycles. The van der Waals surface area contributed by atoms with Crippen molar-refractivity contribution in [3.8, 4) is 0 Å². The molecule has 0 atom stereocenters. The van der Waals surface area contributed by atoms with Gasteiger partial charge in [-0.15, -0.1) is 0 Å². The predicted octanol–water partition coefficient (Wildman–Crippen LogP) is 2.32. The van der Waals surface area contributed by atoms with E-state index in [4.69, 9.17) is 0 Å². The summed E-state index contributed by atoms with van der Waals surface area (Å²) in [7, 11) is 4.13. The van der Waals surface area contributed by atoms with Crippen LogP contribution in [-0.2, 0) is 0 Å². The zero-order valence-electron chi connectivity index (χ0n) is 6.95. The molecule has 1 rings (SSSR count). The van der Waals surface area contributed by atoms with Crippen molar-refractivity contribution in [2.45, 2.75) is 0 Å². The van der Waals surface area contributed by atoms with Crippen molar-refractivity contribution in [2.75, 3.05) is 20.6 Å². The monoisotopic (exact) mass is 167 g/mol. The van der Waals surface area contributed by atoms with Gasteiger partial charge in [-0.1, -0.05) is 12.2 Å². The lowest BCUT2D eigenvalue weighted by atomic mass is 10.3. The maximum atomic E-state index is 2.17. The summed E-state index contributed by atoms with van der Waals surface area (Å²) in [6.07, 6.45) is 4.32. The minimum absolute atomic E-state index is 1.01. The van der Waals surface area contributed by atoms with E-state index in [0.717, 1.165) is 6.54 Å². The first-order valence-electron chi connectivity index (χ1n) is 3.62. The lowest BCUT2D eigenvalue weighted by Crippen LogP contribution is -2.10. The van der Waals surface area contributed by atoms with Crippen molar-refractivity contribution in [1.82, 2.24) is 4.90 Å². The van der Waals surface area contributed by atoms with Crippen molar-refractivity contribution >= 4 is 17.4 Å². The van der Waals surface area contributed by atoms with Gasteiger partial charge in [0.1, 0.15) is 0 Å². The Balaban J connectivity index is 2.37. The molecule has 0 aliphatic rings. The third-order valence-electron chi connectivity index (χ3n) is 1.32. The van der Waals surface area contributed by atoms with E-state index >= 15 is 0 Å². The zero-order chi connectivity index (χ0) is 8.10. The van der Waals surface area contributed by atoms with E-state index in [0.29, 0.717) is 0 Å². The summed E-state index contributed by atoms with van der Waals surface area (Å²) in [6.45, 7) is 1.01. The second-order valence-corrected chi connectivity index (χ2v) is 3.50. The zero-order valence-corrected chi connectivity index (χ0v) is 7.77. The van der Waals surface area contributed by atoms with E-state index in [1.807, 2.05) is 0 Å². The van der Waals surface area contributed by atoms with Crippen LogP contribution >= 0.6 is 11.3 Å². The fourth-order valence-corrected chi connectivity index (χ4v) is 1.40. The molecule has 0 aromatic carbocycles. The summed E-state index contributed by atoms with van der Waals surface area (Å²) >= 11 is 1.73. The van der Waals surface area contributed by atoms with Crippen LogP contribution < -0.4 is 0 Å². The highest BCUT2D eigenvalue weighted by Gasteiger charge is 1.85. The Kier molecular flexibility index (Phi) is 3.33. The fourth-order valence-electron chi connectivity index (χ4n) is 0.769. The Morgan fingerprint density at radius 1 is 1.55 bits per heavy atom. The van der Waals surface area contributed by atoms with Gasteiger partial charge in [0.05, 0.1) is 0 Å². The largest absolute Gasteiger partial charge is 0.306 e. The summed E-state index contributed by atoms with van der Waals surface area (Å²) in [5.41, 5.74) is 1.30. The van der Waals surface area contributed by atoms with E-state index in [-0.39, 0.29) is 0 Å². The van der Waals surface area contributed by atoms with Crippen LogP contribution in [0.3, 0.4) is 0 Å². The van der Waals surface area contributed by atoms with Crippen LogP contribution in [0.15, 0.2) is 22.9 Å². The van der Waals surface area contributed by atoms with Gasteiger partial charge in [0.2, 0.25) is 0 Å². The molecule has 1 aromatic heterocycles. The van der Waals surface area contributed by atoms with Crippen LogP contribution in [0.5, 0.6) is 0 Å². The smallest absolute Gasteiger partial charge is 0.0160 e. The second kappa shape index (κ2) is 4.31. The maximum Gasteiger partial charge on any atom is 0.0160 e. The van der Waals surface area contributed by atoms with Gasteiger partial charge in [-0.3, -0.25) is 0 Å². The molecule has 0 bridgehead atoms. The standard InChI is InChI=1S/C9H13NS/c1-10(2)6-3-4-9-5-7-11-8-9/h3-5,7-8H,6H2,1-2H3/b4-3+. The van der Waals surface area contributed by atoms with Gasteiger partial charge in [-0.25, -0.2) is 0 Å². The van der Waals surface area contributed by atoms with E-state index in [9.17, 15) is 0 Å². The van der Waals surface area contributed by atoms with Crippen LogP contribution in [0, 0.1) is 0 Å². The van der Waals surface area contributed by atoms with Crippen molar-refractivity contribution in [2.24, 2.45) is 0 Å². The Hall–Kier alpha value is -0.600. The molecule has 0 N–H and O–H groups in total. The number of hydrogen-bond acceptors (Lipinski definition) is 2. The average molecular weight is 167 g/mol. The molecule has 2 heteroatoms. The Labute approximate surface area is 72.0 Å². The molecule has 60 valence electrons. The molecule has 1 heterocycles. The molecule has 0 aliphatic heterocycles. The average Bonchev–Trinajstić information content (AvgIpc) is 2.39. The highest BCUT2D eigenvalue weighted by molar-refractivity contribution is 7.08. The minimum atomic E-state index is 1.01. The molecule has 0 fully saturated rings. The molecular weight excluding hydrogens is 154 g/mol. The Morgan fingerprint density at radius 3 is 2.91 bits per heavy atom. The molecule has 11 heavy (non-hydrogen) atoms. The van der Waals surface area contributed by atoms with Gasteiger partial charge < -0.3 is 4.90 Å². The first kappa shape index (κ1) is 8.50. The highest BCUT2D eigenvalue weighted by atomic mass is 32.1. The van der Waals surface area contributed by atoms with Crippen molar-refractivity contribution < 1.29 is 0 Å². The van der Waals surface area contributed by atoms with Crippen LogP contribution in [0.2, 0.25) is 0 Å². The minimum Gasteiger partial charge on any atom is -0.306 e. The summed E-state index contributed by atoms with van der Waals surface area (Å²) in [6, 6.07) is 2.12. The molecule has 0 amide bonds. The van der Waals surface area contributed by atoms with Gasteiger partial charge in [0.15, 0.2) is 0 Å². The fraction of sp³-hybridized carbons (Fsp3) is 0.333. The second-order valence-electron chi connectivity index (χ2n) is 2.72. The topological polar surface area (TPSA) is 3.24 Å². The number of nitrogens with zero attached hydrogens (tertiary/aromatic N) is 1. The van der Waals surface area contributed by atoms with Gasteiger partial charge in [0.25, 0.3) is 0 Å². The summed E-state index contributed by atoms with van der Waals surface area (Å²) in [4.78, 5) is 2.14. The first-order chi connectivity index (χ1) is 5.29. The van der Waals surface area contributed by atoms with E-state index in [1.165, 1.54) is 5.56 Å². The normalized spacial score (nSPS) is 11.5. The van der Waals surface area contributed by atoms with Crippen LogP contribution in [-0.4, -0.2) is 25.5 Å². The van der Waals surface area contributed by atoms with Gasteiger partial charge >= 0.3 is 0 Å². The van der Waals surface area contributed by atoms with E-state index in [2.05, 4.69) is 48.0 Å². The molecule has 1 nitrogen and oxygen atoms in total. The lowest BCUT2D eigenvalue weighted by molar-refractivity contribution is 0.457. The highest BCUT2D eigenvalue weighted by Crippen LogP contribution is 2.07. The summed E-state index contributed by atoms with van der Waals surface area (Å²) in [5.74, 6) is 0. The van der Waals surface area contributed by atoms with Gasteiger partial charge in [0, 0.05) is 6.54 Å². The third-order valence-corrected chi connectivity index (χ3v) is 2.03. The molecular formula is C9H13NS. The number of thiophene rings is 1. The lowest BCUT2D eigenvalue weighted by Gasteiger charge is -2.02. The van der Waals surface area contributed by atoms with Crippen molar-refractivity contribution in [3.05, 3.63) is 28.5 Å². The van der Waals surface area contributed by atoms with Crippen molar-refractivity contribution in [3.63, 3.8) is 0 Å². The predicted molar refractivity (Wildman–Crippen MR) is 51.9 cm³/mol. The Bertz CT molecular complexity index is 211.